The molecule has 1 heterocycles. The maximum atomic E-state index is 9.43. The van der Waals surface area contributed by atoms with Crippen molar-refractivity contribution in [1.82, 2.24) is 15.3 Å². The van der Waals surface area contributed by atoms with Gasteiger partial charge in [-0.2, -0.15) is 0 Å². The highest BCUT2D eigenvalue weighted by atomic mass is 35.5. The van der Waals surface area contributed by atoms with E-state index in [4.69, 9.17) is 35.4 Å². The first-order valence-corrected chi connectivity index (χ1v) is 10.9. The van der Waals surface area contributed by atoms with Gasteiger partial charge in [-0.1, -0.05) is 35.3 Å². The Balaban J connectivity index is 1.73. The lowest BCUT2D eigenvalue weighted by Gasteiger charge is -2.15. The first-order valence-electron chi connectivity index (χ1n) is 9.73. The van der Waals surface area contributed by atoms with Gasteiger partial charge in [-0.05, 0) is 74.4 Å². The number of aryl methyl sites for hydroxylation is 2. The van der Waals surface area contributed by atoms with E-state index in [1.807, 2.05) is 32.0 Å². The van der Waals surface area contributed by atoms with Crippen LogP contribution in [-0.4, -0.2) is 32.7 Å². The molecule has 0 unspecified atom stereocenters. The number of nitrogens with one attached hydrogen (secondary N) is 3. The van der Waals surface area contributed by atoms with Crippen molar-refractivity contribution in [2.75, 3.05) is 17.2 Å². The fourth-order valence-electron chi connectivity index (χ4n) is 2.81. The predicted octanol–water partition coefficient (Wildman–Crippen LogP) is 5.10. The Kier molecular flexibility index (Phi) is 8.21. The standard InChI is InChI=1S/C22H22Cl2N6OS/c1-13-11-14(2)27-21(26-13)29-20(25-10-9-15-3-6-17(31)7-4-15)30-22(32)28-19-8-5-16(23)12-18(19)24/h3-8,11-12,31H,9-10H2,1-2H3,(H3,25,26,27,28,29,30,32). The zero-order valence-corrected chi connectivity index (χ0v) is 19.8. The molecule has 0 bridgehead atoms. The van der Waals surface area contributed by atoms with E-state index < -0.39 is 0 Å². The molecule has 0 aliphatic heterocycles. The Hall–Kier alpha value is -2.94. The Morgan fingerprint density at radius 1 is 1.00 bits per heavy atom. The largest absolute Gasteiger partial charge is 0.508 e. The number of nitrogens with zero attached hydrogens (tertiary/aromatic N) is 3. The van der Waals surface area contributed by atoms with Crippen LogP contribution >= 0.6 is 35.4 Å². The van der Waals surface area contributed by atoms with Crippen LogP contribution in [0.4, 0.5) is 11.6 Å². The summed E-state index contributed by atoms with van der Waals surface area (Å²) in [5.74, 6) is 1.02. The number of anilines is 2. The fraction of sp³-hybridized carbons (Fsp3) is 0.182. The molecule has 0 saturated carbocycles. The first kappa shape index (κ1) is 23.7. The number of aromatic nitrogens is 2. The van der Waals surface area contributed by atoms with Crippen LogP contribution in [0.15, 0.2) is 53.5 Å². The molecular formula is C22H22Cl2N6OS. The summed E-state index contributed by atoms with van der Waals surface area (Å²) in [5, 5.41) is 19.9. The SMILES string of the molecule is Cc1cc(C)nc(NC(=NCCc2ccc(O)cc2)NC(=S)Nc2ccc(Cl)cc2Cl)n1. The molecule has 0 fully saturated rings. The van der Waals surface area contributed by atoms with Gasteiger partial charge in [0.15, 0.2) is 5.11 Å². The molecule has 0 radical (unpaired) electrons. The van der Waals surface area contributed by atoms with Crippen LogP contribution in [0.25, 0.3) is 0 Å². The number of hydrogen-bond acceptors (Lipinski definition) is 5. The molecule has 7 nitrogen and oxygen atoms in total. The van der Waals surface area contributed by atoms with Crippen molar-refractivity contribution in [2.24, 2.45) is 4.99 Å². The predicted molar refractivity (Wildman–Crippen MR) is 135 cm³/mol. The number of aliphatic imine (C=N–C) groups is 1. The molecule has 0 spiro atoms. The molecule has 0 saturated heterocycles. The summed E-state index contributed by atoms with van der Waals surface area (Å²) in [6.07, 6.45) is 0.671. The molecule has 0 atom stereocenters. The summed E-state index contributed by atoms with van der Waals surface area (Å²) < 4.78 is 0. The number of guanidine groups is 1. The summed E-state index contributed by atoms with van der Waals surface area (Å²) >= 11 is 17.6. The molecular weight excluding hydrogens is 467 g/mol. The van der Waals surface area contributed by atoms with Crippen LogP contribution in [0.2, 0.25) is 10.0 Å². The Labute approximate surface area is 201 Å². The Morgan fingerprint density at radius 2 is 1.69 bits per heavy atom. The molecule has 4 N–H and O–H groups in total. The number of rotatable bonds is 5. The number of benzene rings is 2. The van der Waals surface area contributed by atoms with Crippen LogP contribution in [0.1, 0.15) is 17.0 Å². The highest BCUT2D eigenvalue weighted by Gasteiger charge is 2.09. The molecule has 2 aromatic carbocycles. The van der Waals surface area contributed by atoms with Crippen molar-refractivity contribution in [3.8, 4) is 5.75 Å². The van der Waals surface area contributed by atoms with Gasteiger partial charge in [-0.25, -0.2) is 9.97 Å². The molecule has 0 amide bonds. The van der Waals surface area contributed by atoms with Gasteiger partial charge in [0, 0.05) is 23.0 Å². The highest BCUT2D eigenvalue weighted by molar-refractivity contribution is 7.80. The summed E-state index contributed by atoms with van der Waals surface area (Å²) in [6, 6.07) is 14.0. The van der Waals surface area contributed by atoms with Gasteiger partial charge in [0.25, 0.3) is 0 Å². The third kappa shape index (κ3) is 7.33. The Morgan fingerprint density at radius 3 is 2.34 bits per heavy atom. The van der Waals surface area contributed by atoms with Crippen molar-refractivity contribution < 1.29 is 5.11 Å². The molecule has 32 heavy (non-hydrogen) atoms. The molecule has 0 aliphatic carbocycles. The maximum Gasteiger partial charge on any atom is 0.229 e. The van der Waals surface area contributed by atoms with Crippen molar-refractivity contribution >= 4 is 58.1 Å². The number of thiocarbonyl (C=S) groups is 1. The normalized spacial score (nSPS) is 11.2. The lowest BCUT2D eigenvalue weighted by Crippen LogP contribution is -2.39. The topological polar surface area (TPSA) is 94.5 Å². The number of phenols is 1. The van der Waals surface area contributed by atoms with E-state index in [0.717, 1.165) is 17.0 Å². The number of aromatic hydroxyl groups is 1. The second-order valence-electron chi connectivity index (χ2n) is 6.95. The van der Waals surface area contributed by atoms with Crippen molar-refractivity contribution in [2.45, 2.75) is 20.3 Å². The van der Waals surface area contributed by atoms with E-state index in [-0.39, 0.29) is 10.9 Å². The van der Waals surface area contributed by atoms with E-state index in [9.17, 15) is 5.11 Å². The van der Waals surface area contributed by atoms with Crippen molar-refractivity contribution in [3.63, 3.8) is 0 Å². The second kappa shape index (κ2) is 11.1. The average Bonchev–Trinajstić information content (AvgIpc) is 2.71. The smallest absolute Gasteiger partial charge is 0.229 e. The van der Waals surface area contributed by atoms with Gasteiger partial charge >= 0.3 is 0 Å². The van der Waals surface area contributed by atoms with Crippen LogP contribution in [0.5, 0.6) is 5.75 Å². The monoisotopic (exact) mass is 488 g/mol. The summed E-state index contributed by atoms with van der Waals surface area (Å²) in [7, 11) is 0. The van der Waals surface area contributed by atoms with Crippen molar-refractivity contribution in [3.05, 3.63) is 75.5 Å². The van der Waals surface area contributed by atoms with Crippen LogP contribution in [0, 0.1) is 13.8 Å². The summed E-state index contributed by atoms with van der Waals surface area (Å²) in [6.45, 7) is 4.25. The number of hydrogen-bond donors (Lipinski definition) is 4. The van der Waals surface area contributed by atoms with Crippen LogP contribution < -0.4 is 16.0 Å². The minimum atomic E-state index is 0.227. The van der Waals surface area contributed by atoms with E-state index >= 15 is 0 Å². The number of phenolic OH excluding ortho intramolecular Hbond substituents is 1. The van der Waals surface area contributed by atoms with Gasteiger partial charge in [0.1, 0.15) is 5.75 Å². The number of halogens is 2. The van der Waals surface area contributed by atoms with E-state index in [2.05, 4.69) is 30.9 Å². The van der Waals surface area contributed by atoms with Gasteiger partial charge in [-0.15, -0.1) is 0 Å². The first-order chi connectivity index (χ1) is 15.3. The van der Waals surface area contributed by atoms with E-state index in [1.54, 1.807) is 30.3 Å². The van der Waals surface area contributed by atoms with Gasteiger partial charge < -0.3 is 15.7 Å². The Bertz CT molecular complexity index is 1120. The fourth-order valence-corrected chi connectivity index (χ4v) is 3.47. The van der Waals surface area contributed by atoms with Gasteiger partial charge in [0.05, 0.1) is 10.7 Å². The average molecular weight is 489 g/mol. The van der Waals surface area contributed by atoms with Gasteiger partial charge in [0.2, 0.25) is 11.9 Å². The molecule has 3 rings (SSSR count). The van der Waals surface area contributed by atoms with Crippen LogP contribution in [-0.2, 0) is 6.42 Å². The lowest BCUT2D eigenvalue weighted by molar-refractivity contribution is 0.475. The molecule has 1 aromatic heterocycles. The molecule has 3 aromatic rings. The highest BCUT2D eigenvalue weighted by Crippen LogP contribution is 2.25. The van der Waals surface area contributed by atoms with Crippen LogP contribution in [0.3, 0.4) is 0 Å². The van der Waals surface area contributed by atoms with E-state index in [0.29, 0.717) is 40.6 Å². The lowest BCUT2D eigenvalue weighted by atomic mass is 10.1. The van der Waals surface area contributed by atoms with Gasteiger partial charge in [-0.3, -0.25) is 10.3 Å². The van der Waals surface area contributed by atoms with Crippen molar-refractivity contribution in [1.29, 1.82) is 0 Å². The second-order valence-corrected chi connectivity index (χ2v) is 8.20. The third-order valence-electron chi connectivity index (χ3n) is 4.23. The van der Waals surface area contributed by atoms with E-state index in [1.165, 1.54) is 0 Å². The molecule has 10 heteroatoms. The third-order valence-corrected chi connectivity index (χ3v) is 4.98. The zero-order valence-electron chi connectivity index (χ0n) is 17.5. The molecule has 166 valence electrons. The quantitative estimate of drug-likeness (QED) is 0.225. The minimum Gasteiger partial charge on any atom is -0.508 e. The molecule has 0 aliphatic rings. The minimum absolute atomic E-state index is 0.227. The maximum absolute atomic E-state index is 9.43. The summed E-state index contributed by atoms with van der Waals surface area (Å²) in [4.78, 5) is 13.4. The zero-order chi connectivity index (χ0) is 23.1. The summed E-state index contributed by atoms with van der Waals surface area (Å²) in [5.41, 5.74) is 3.32.